The molecule has 4 heteroatoms. The predicted octanol–water partition coefficient (Wildman–Crippen LogP) is 13.5. The highest BCUT2D eigenvalue weighted by atomic mass is 15.2. The fourth-order valence-corrected chi connectivity index (χ4v) is 10.4. The number of para-hydroxylation sites is 1. The lowest BCUT2D eigenvalue weighted by molar-refractivity contribution is 0.794. The molecule has 1 spiro atoms. The summed E-state index contributed by atoms with van der Waals surface area (Å²) in [7, 11) is 0. The van der Waals surface area contributed by atoms with E-state index in [9.17, 15) is 0 Å². The van der Waals surface area contributed by atoms with Crippen molar-refractivity contribution in [3.8, 4) is 62.1 Å². The van der Waals surface area contributed by atoms with Crippen LogP contribution < -0.4 is 0 Å². The van der Waals surface area contributed by atoms with Crippen LogP contribution in [0.2, 0.25) is 0 Å². The topological polar surface area (TPSA) is 43.6 Å². The second-order valence-electron chi connectivity index (χ2n) is 15.9. The summed E-state index contributed by atoms with van der Waals surface area (Å²) >= 11 is 0. The third-order valence-electron chi connectivity index (χ3n) is 12.9. The molecular weight excluding hydrogens is 729 g/mol. The molecule has 0 fully saturated rings. The molecule has 2 heterocycles. The molecule has 0 bridgehead atoms. The highest BCUT2D eigenvalue weighted by Crippen LogP contribution is 2.64. The van der Waals surface area contributed by atoms with Crippen LogP contribution in [-0.2, 0) is 5.41 Å². The van der Waals surface area contributed by atoms with Crippen LogP contribution >= 0.6 is 0 Å². The molecule has 9 aromatic carbocycles. The van der Waals surface area contributed by atoms with Gasteiger partial charge in [-0.25, -0.2) is 4.98 Å². The number of hydrogen-bond donors (Lipinski definition) is 0. The monoisotopic (exact) mass is 762 g/mol. The zero-order valence-corrected chi connectivity index (χ0v) is 32.4. The van der Waals surface area contributed by atoms with Crippen LogP contribution in [0.3, 0.4) is 0 Å². The number of fused-ring (bicyclic) bond motifs is 14. The van der Waals surface area contributed by atoms with Crippen molar-refractivity contribution in [3.63, 3.8) is 0 Å². The van der Waals surface area contributed by atoms with Gasteiger partial charge >= 0.3 is 0 Å². The van der Waals surface area contributed by atoms with Gasteiger partial charge in [0.05, 0.1) is 16.4 Å². The molecule has 0 atom stereocenters. The van der Waals surface area contributed by atoms with Crippen LogP contribution in [0.4, 0.5) is 0 Å². The third kappa shape index (κ3) is 4.53. The summed E-state index contributed by atoms with van der Waals surface area (Å²) in [6.07, 6.45) is 0. The fraction of sp³-hybridized carbons (Fsp3) is 0.0179. The molecule has 13 rings (SSSR count). The second kappa shape index (κ2) is 12.5. The standard InChI is InChI=1S/C56H34N4/c1-2-16-36(17-3-1)53-57-54(39-30-29-35-15-4-5-18-37(35)33-39)59-55(58-53)60-50-28-13-9-21-43(50)45-34-38(31-32-51(45)60)40-23-14-27-49-52(40)44-22-8-12-26-48(44)56(49)46-24-10-6-19-41(46)42-20-7-11-25-47(42)56/h1-34H. The molecular formula is C56H34N4. The van der Waals surface area contributed by atoms with E-state index in [1.54, 1.807) is 0 Å². The molecule has 60 heavy (non-hydrogen) atoms. The lowest BCUT2D eigenvalue weighted by Gasteiger charge is -2.30. The van der Waals surface area contributed by atoms with E-state index in [2.05, 4.69) is 193 Å². The summed E-state index contributed by atoms with van der Waals surface area (Å²) in [5, 5.41) is 4.61. The molecule has 0 N–H and O–H groups in total. The minimum absolute atomic E-state index is 0.396. The molecule has 0 saturated carbocycles. The largest absolute Gasteiger partial charge is 0.278 e. The normalized spacial score (nSPS) is 13.1. The number of nitrogens with zero attached hydrogens (tertiary/aromatic N) is 4. The molecule has 11 aromatic rings. The van der Waals surface area contributed by atoms with Crippen LogP contribution in [0.1, 0.15) is 22.3 Å². The quantitative estimate of drug-likeness (QED) is 0.179. The Morgan fingerprint density at radius 1 is 0.333 bits per heavy atom. The lowest BCUT2D eigenvalue weighted by Crippen LogP contribution is -2.25. The Hall–Kier alpha value is -7.95. The van der Waals surface area contributed by atoms with Crippen LogP contribution in [0.25, 0.3) is 94.7 Å². The van der Waals surface area contributed by atoms with E-state index in [-0.39, 0.29) is 0 Å². The van der Waals surface area contributed by atoms with Gasteiger partial charge < -0.3 is 0 Å². The Balaban J connectivity index is 1.04. The number of hydrogen-bond acceptors (Lipinski definition) is 3. The molecule has 2 aliphatic rings. The molecule has 2 aromatic heterocycles. The van der Waals surface area contributed by atoms with E-state index in [1.165, 1.54) is 61.0 Å². The van der Waals surface area contributed by atoms with Gasteiger partial charge in [-0.15, -0.1) is 0 Å². The van der Waals surface area contributed by atoms with Crippen LogP contribution in [0.5, 0.6) is 0 Å². The maximum atomic E-state index is 5.25. The molecule has 0 saturated heterocycles. The SMILES string of the molecule is c1ccc(-c2nc(-c3ccc4ccccc4c3)nc(-n3c4ccccc4c4cc(-c5cccc6c5-c5ccccc5C65c6ccccc6-c6ccccc65)ccc43)n2)cc1. The summed E-state index contributed by atoms with van der Waals surface area (Å²) < 4.78 is 2.21. The minimum atomic E-state index is -0.396. The first-order valence-corrected chi connectivity index (χ1v) is 20.5. The van der Waals surface area contributed by atoms with Crippen molar-refractivity contribution in [1.82, 2.24) is 19.5 Å². The average molecular weight is 763 g/mol. The van der Waals surface area contributed by atoms with Gasteiger partial charge in [-0.2, -0.15) is 9.97 Å². The predicted molar refractivity (Wildman–Crippen MR) is 244 cm³/mol. The Morgan fingerprint density at radius 3 is 1.68 bits per heavy atom. The van der Waals surface area contributed by atoms with Crippen molar-refractivity contribution in [3.05, 3.63) is 229 Å². The summed E-state index contributed by atoms with van der Waals surface area (Å²) in [6.45, 7) is 0. The summed E-state index contributed by atoms with van der Waals surface area (Å²) in [6, 6.07) is 74.5. The summed E-state index contributed by atoms with van der Waals surface area (Å²) in [5.74, 6) is 1.85. The molecule has 278 valence electrons. The average Bonchev–Trinajstić information content (AvgIpc) is 3.93. The van der Waals surface area contributed by atoms with E-state index in [4.69, 9.17) is 15.0 Å². The van der Waals surface area contributed by atoms with Gasteiger partial charge in [-0.3, -0.25) is 4.57 Å². The minimum Gasteiger partial charge on any atom is -0.278 e. The van der Waals surface area contributed by atoms with Crippen molar-refractivity contribution in [2.45, 2.75) is 5.41 Å². The zero-order chi connectivity index (χ0) is 39.4. The number of benzene rings is 9. The third-order valence-corrected chi connectivity index (χ3v) is 12.9. The summed E-state index contributed by atoms with van der Waals surface area (Å²) in [5.41, 5.74) is 16.6. The molecule has 4 nitrogen and oxygen atoms in total. The smallest absolute Gasteiger partial charge is 0.238 e. The Labute approximate surface area is 346 Å². The first-order valence-electron chi connectivity index (χ1n) is 20.5. The molecule has 0 aliphatic heterocycles. The van der Waals surface area contributed by atoms with Crippen molar-refractivity contribution < 1.29 is 0 Å². The zero-order valence-electron chi connectivity index (χ0n) is 32.4. The fourth-order valence-electron chi connectivity index (χ4n) is 10.4. The van der Waals surface area contributed by atoms with Gasteiger partial charge in [0.15, 0.2) is 11.6 Å². The highest BCUT2D eigenvalue weighted by molar-refractivity contribution is 6.11. The lowest BCUT2D eigenvalue weighted by atomic mass is 9.70. The molecule has 0 unspecified atom stereocenters. The van der Waals surface area contributed by atoms with Gasteiger partial charge in [0.2, 0.25) is 5.95 Å². The van der Waals surface area contributed by atoms with E-state index in [0.29, 0.717) is 17.6 Å². The Morgan fingerprint density at radius 2 is 0.900 bits per heavy atom. The van der Waals surface area contributed by atoms with Crippen LogP contribution in [-0.4, -0.2) is 19.5 Å². The van der Waals surface area contributed by atoms with Gasteiger partial charge in [0.25, 0.3) is 0 Å². The van der Waals surface area contributed by atoms with E-state index in [0.717, 1.165) is 38.3 Å². The van der Waals surface area contributed by atoms with Gasteiger partial charge in [-0.05, 0) is 90.7 Å². The van der Waals surface area contributed by atoms with E-state index in [1.807, 2.05) is 18.2 Å². The molecule has 0 radical (unpaired) electrons. The van der Waals surface area contributed by atoms with Crippen molar-refractivity contribution in [2.24, 2.45) is 0 Å². The van der Waals surface area contributed by atoms with Gasteiger partial charge in [0, 0.05) is 21.9 Å². The van der Waals surface area contributed by atoms with Crippen LogP contribution in [0.15, 0.2) is 206 Å². The van der Waals surface area contributed by atoms with Crippen molar-refractivity contribution in [2.75, 3.05) is 0 Å². The summed E-state index contributed by atoms with van der Waals surface area (Å²) in [4.78, 5) is 15.5. The number of rotatable bonds is 4. The van der Waals surface area contributed by atoms with Gasteiger partial charge in [0.1, 0.15) is 0 Å². The Bertz CT molecular complexity index is 3520. The highest BCUT2D eigenvalue weighted by Gasteiger charge is 2.51. The van der Waals surface area contributed by atoms with Crippen molar-refractivity contribution >= 4 is 32.6 Å². The maximum absolute atomic E-state index is 5.25. The maximum Gasteiger partial charge on any atom is 0.238 e. The second-order valence-corrected chi connectivity index (χ2v) is 15.9. The van der Waals surface area contributed by atoms with Gasteiger partial charge in [-0.1, -0.05) is 182 Å². The first-order chi connectivity index (χ1) is 29.8. The van der Waals surface area contributed by atoms with E-state index < -0.39 is 5.41 Å². The van der Waals surface area contributed by atoms with Crippen molar-refractivity contribution in [1.29, 1.82) is 0 Å². The molecule has 0 amide bonds. The Kier molecular flexibility index (Phi) is 6.90. The first kappa shape index (κ1) is 33.1. The molecule has 2 aliphatic carbocycles. The van der Waals surface area contributed by atoms with E-state index >= 15 is 0 Å². The number of aromatic nitrogens is 4. The van der Waals surface area contributed by atoms with Crippen LogP contribution in [0, 0.1) is 0 Å².